The maximum Gasteiger partial charge on any atom is 0.244 e. The zero-order valence-electron chi connectivity index (χ0n) is 20.5. The lowest BCUT2D eigenvalue weighted by Crippen LogP contribution is -2.53. The number of rotatable bonds is 10. The van der Waals surface area contributed by atoms with Crippen molar-refractivity contribution in [2.45, 2.75) is 25.9 Å². The van der Waals surface area contributed by atoms with Crippen LogP contribution in [0.4, 0.5) is 5.69 Å². The lowest BCUT2D eigenvalue weighted by atomic mass is 10.0. The third kappa shape index (κ3) is 6.86. The van der Waals surface area contributed by atoms with Crippen molar-refractivity contribution in [3.63, 3.8) is 0 Å². The van der Waals surface area contributed by atoms with Gasteiger partial charge >= 0.3 is 0 Å². The summed E-state index contributed by atoms with van der Waals surface area (Å²) < 4.78 is 26.4. The van der Waals surface area contributed by atoms with E-state index >= 15 is 0 Å². The van der Waals surface area contributed by atoms with Gasteiger partial charge in [-0.1, -0.05) is 78.3 Å². The van der Waals surface area contributed by atoms with Gasteiger partial charge in [0.25, 0.3) is 0 Å². The number of hydrogen-bond donors (Lipinski definition) is 1. The summed E-state index contributed by atoms with van der Waals surface area (Å²) in [6.07, 6.45) is 1.29. The molecule has 2 amide bonds. The molecule has 0 bridgehead atoms. The fourth-order valence-corrected chi connectivity index (χ4v) is 5.09. The molecular formula is C27H30ClN3O4S. The minimum atomic E-state index is -3.86. The zero-order valence-corrected chi connectivity index (χ0v) is 22.1. The quantitative estimate of drug-likeness (QED) is 0.434. The van der Waals surface area contributed by atoms with Gasteiger partial charge in [0.2, 0.25) is 21.8 Å². The monoisotopic (exact) mass is 527 g/mol. The van der Waals surface area contributed by atoms with Gasteiger partial charge in [0.05, 0.1) is 17.0 Å². The fourth-order valence-electron chi connectivity index (χ4n) is 3.94. The number of benzene rings is 3. The molecule has 0 aliphatic rings. The minimum Gasteiger partial charge on any atom is -0.357 e. The van der Waals surface area contributed by atoms with E-state index in [1.54, 1.807) is 24.3 Å². The summed E-state index contributed by atoms with van der Waals surface area (Å²) in [7, 11) is -2.34. The van der Waals surface area contributed by atoms with E-state index in [0.717, 1.165) is 27.3 Å². The highest BCUT2D eigenvalue weighted by Gasteiger charge is 2.33. The van der Waals surface area contributed by atoms with E-state index in [1.807, 2.05) is 61.5 Å². The van der Waals surface area contributed by atoms with Crippen molar-refractivity contribution in [1.29, 1.82) is 0 Å². The van der Waals surface area contributed by atoms with Crippen LogP contribution >= 0.6 is 11.6 Å². The number of nitrogens with zero attached hydrogens (tertiary/aromatic N) is 2. The van der Waals surface area contributed by atoms with Gasteiger partial charge in [-0.3, -0.25) is 13.9 Å². The average Bonchev–Trinajstić information content (AvgIpc) is 2.85. The Morgan fingerprint density at radius 3 is 2.17 bits per heavy atom. The highest BCUT2D eigenvalue weighted by atomic mass is 35.5. The van der Waals surface area contributed by atoms with Crippen LogP contribution in [0.5, 0.6) is 0 Å². The first kappa shape index (κ1) is 27.2. The highest BCUT2D eigenvalue weighted by molar-refractivity contribution is 7.92. The summed E-state index contributed by atoms with van der Waals surface area (Å²) in [6.45, 7) is 1.56. The van der Waals surface area contributed by atoms with Gasteiger partial charge in [-0.15, -0.1) is 0 Å². The van der Waals surface area contributed by atoms with Crippen molar-refractivity contribution in [3.8, 4) is 0 Å². The van der Waals surface area contributed by atoms with E-state index in [1.165, 1.54) is 11.9 Å². The Balaban J connectivity index is 2.05. The molecule has 3 aromatic rings. The molecule has 190 valence electrons. The molecule has 0 radical (unpaired) electrons. The molecule has 0 saturated carbocycles. The summed E-state index contributed by atoms with van der Waals surface area (Å²) in [4.78, 5) is 28.4. The van der Waals surface area contributed by atoms with Gasteiger partial charge in [0, 0.05) is 20.0 Å². The Morgan fingerprint density at radius 1 is 0.944 bits per heavy atom. The van der Waals surface area contributed by atoms with E-state index in [9.17, 15) is 18.0 Å². The topological polar surface area (TPSA) is 86.8 Å². The largest absolute Gasteiger partial charge is 0.357 e. The van der Waals surface area contributed by atoms with Gasteiger partial charge < -0.3 is 10.2 Å². The Bertz CT molecular complexity index is 1320. The third-order valence-corrected chi connectivity index (χ3v) is 7.37. The molecule has 0 saturated heterocycles. The molecule has 0 fully saturated rings. The van der Waals surface area contributed by atoms with Crippen LogP contribution in [0.2, 0.25) is 5.02 Å². The molecule has 0 aromatic heterocycles. The first-order valence-electron chi connectivity index (χ1n) is 11.4. The molecule has 0 heterocycles. The summed E-state index contributed by atoms with van der Waals surface area (Å²) in [5.74, 6) is -0.863. The van der Waals surface area contributed by atoms with Crippen molar-refractivity contribution in [2.24, 2.45) is 0 Å². The van der Waals surface area contributed by atoms with Crippen LogP contribution in [0.3, 0.4) is 0 Å². The molecule has 3 rings (SSSR count). The lowest BCUT2D eigenvalue weighted by molar-refractivity contribution is -0.139. The standard InChI is InChI=1S/C27H30ClN3O4S/c1-20-11-7-8-14-22(20)18-30(25(27(33)29-2)17-21-12-5-4-6-13-21)26(32)19-31(36(3,34)35)24-16-10-9-15-23(24)28/h4-16,25H,17-19H2,1-3H3,(H,29,33). The molecule has 0 aliphatic heterocycles. The zero-order chi connectivity index (χ0) is 26.3. The van der Waals surface area contributed by atoms with Crippen LogP contribution in [0.15, 0.2) is 78.9 Å². The maximum absolute atomic E-state index is 13.8. The van der Waals surface area contributed by atoms with E-state index < -0.39 is 28.5 Å². The van der Waals surface area contributed by atoms with Crippen molar-refractivity contribution >= 4 is 39.1 Å². The van der Waals surface area contributed by atoms with Crippen LogP contribution in [-0.4, -0.2) is 51.0 Å². The van der Waals surface area contributed by atoms with Gasteiger partial charge in [-0.2, -0.15) is 0 Å². The molecule has 0 aliphatic carbocycles. The molecule has 1 unspecified atom stereocenters. The normalized spacial score (nSPS) is 12.0. The smallest absolute Gasteiger partial charge is 0.244 e. The highest BCUT2D eigenvalue weighted by Crippen LogP contribution is 2.28. The number of amides is 2. The molecule has 7 nitrogen and oxygen atoms in total. The van der Waals surface area contributed by atoms with Crippen LogP contribution in [0, 0.1) is 6.92 Å². The predicted octanol–water partition coefficient (Wildman–Crippen LogP) is 3.80. The molecular weight excluding hydrogens is 498 g/mol. The lowest BCUT2D eigenvalue weighted by Gasteiger charge is -2.33. The third-order valence-electron chi connectivity index (χ3n) is 5.92. The number of aryl methyl sites for hydroxylation is 1. The van der Waals surface area contributed by atoms with Crippen molar-refractivity contribution in [1.82, 2.24) is 10.2 Å². The first-order chi connectivity index (χ1) is 17.1. The second-order valence-electron chi connectivity index (χ2n) is 8.49. The van der Waals surface area contributed by atoms with Gasteiger partial charge in [-0.05, 0) is 35.7 Å². The van der Waals surface area contributed by atoms with E-state index in [4.69, 9.17) is 11.6 Å². The van der Waals surface area contributed by atoms with E-state index in [-0.39, 0.29) is 29.6 Å². The Morgan fingerprint density at radius 2 is 1.56 bits per heavy atom. The molecule has 3 aromatic carbocycles. The second kappa shape index (κ2) is 12.1. The Labute approximate surface area is 217 Å². The number of hydrogen-bond acceptors (Lipinski definition) is 4. The van der Waals surface area contributed by atoms with E-state index in [2.05, 4.69) is 5.32 Å². The number of carbonyl (C=O) groups is 2. The molecule has 0 spiro atoms. The van der Waals surface area contributed by atoms with Crippen LogP contribution in [0.25, 0.3) is 0 Å². The van der Waals surface area contributed by atoms with Crippen LogP contribution in [0.1, 0.15) is 16.7 Å². The Kier molecular flexibility index (Phi) is 9.12. The van der Waals surface area contributed by atoms with Crippen LogP contribution < -0.4 is 9.62 Å². The number of nitrogens with one attached hydrogen (secondary N) is 1. The van der Waals surface area contributed by atoms with Crippen molar-refractivity contribution < 1.29 is 18.0 Å². The molecule has 9 heteroatoms. The van der Waals surface area contributed by atoms with Gasteiger partial charge in [-0.25, -0.2) is 8.42 Å². The number of anilines is 1. The number of para-hydroxylation sites is 1. The summed E-state index contributed by atoms with van der Waals surface area (Å²) >= 11 is 6.29. The second-order valence-corrected chi connectivity index (χ2v) is 10.8. The van der Waals surface area contributed by atoms with Crippen molar-refractivity contribution in [3.05, 3.63) is 101 Å². The minimum absolute atomic E-state index is 0.135. The fraction of sp³-hybridized carbons (Fsp3) is 0.259. The van der Waals surface area contributed by atoms with Gasteiger partial charge in [0.15, 0.2) is 0 Å². The van der Waals surface area contributed by atoms with Gasteiger partial charge in [0.1, 0.15) is 12.6 Å². The van der Waals surface area contributed by atoms with E-state index in [0.29, 0.717) is 0 Å². The number of carbonyl (C=O) groups excluding carboxylic acids is 2. The summed E-state index contributed by atoms with van der Waals surface area (Å²) in [6, 6.07) is 22.5. The SMILES string of the molecule is CNC(=O)C(Cc1ccccc1)N(Cc1ccccc1C)C(=O)CN(c1ccccc1Cl)S(C)(=O)=O. The predicted molar refractivity (Wildman–Crippen MR) is 143 cm³/mol. The number of sulfonamides is 1. The summed E-state index contributed by atoms with van der Waals surface area (Å²) in [5, 5.41) is 2.86. The average molecular weight is 528 g/mol. The molecule has 1 atom stereocenters. The Hall–Kier alpha value is -3.36. The first-order valence-corrected chi connectivity index (χ1v) is 13.7. The molecule has 36 heavy (non-hydrogen) atoms. The van der Waals surface area contributed by atoms with Crippen LogP contribution in [-0.2, 0) is 32.6 Å². The molecule has 1 N–H and O–H groups in total. The number of likely N-dealkylation sites (N-methyl/N-ethyl adjacent to an activating group) is 1. The summed E-state index contributed by atoms with van der Waals surface area (Å²) in [5.41, 5.74) is 2.89. The van der Waals surface area contributed by atoms with Crippen molar-refractivity contribution in [2.75, 3.05) is 24.2 Å². The maximum atomic E-state index is 13.8. The number of halogens is 1.